The standard InChI is InChI=1S/C16H23N7/c1-18-16-19-15(17)23(22-16)13-9-11-7-4-6-10-5-2-3-8-12(10)14(11)21-20-13/h2-3,5,8,11,15-16,18-19,22H,4,6-7,9,17H2,1H3. The molecule has 0 bridgehead atoms. The topological polar surface area (TPSA) is 90.1 Å². The molecular weight excluding hydrogens is 290 g/mol. The van der Waals surface area contributed by atoms with Crippen LogP contribution in [0.25, 0.3) is 0 Å². The zero-order valence-electron chi connectivity index (χ0n) is 13.3. The quantitative estimate of drug-likeness (QED) is 0.599. The van der Waals surface area contributed by atoms with Crippen molar-refractivity contribution in [3.8, 4) is 0 Å². The van der Waals surface area contributed by atoms with Gasteiger partial charge in [0, 0.05) is 17.9 Å². The summed E-state index contributed by atoms with van der Waals surface area (Å²) in [6.07, 6.45) is 3.95. The summed E-state index contributed by atoms with van der Waals surface area (Å²) in [5.41, 5.74) is 13.2. The van der Waals surface area contributed by atoms with Crippen LogP contribution in [0.5, 0.6) is 0 Å². The Balaban J connectivity index is 1.64. The van der Waals surface area contributed by atoms with Crippen molar-refractivity contribution in [3.63, 3.8) is 0 Å². The smallest absolute Gasteiger partial charge is 0.150 e. The molecule has 23 heavy (non-hydrogen) atoms. The average Bonchev–Trinajstić information content (AvgIpc) is 2.86. The molecule has 1 aromatic carbocycles. The van der Waals surface area contributed by atoms with Crippen molar-refractivity contribution in [1.82, 2.24) is 21.1 Å². The van der Waals surface area contributed by atoms with Crippen LogP contribution in [0, 0.1) is 5.92 Å². The van der Waals surface area contributed by atoms with E-state index in [9.17, 15) is 0 Å². The highest BCUT2D eigenvalue weighted by Crippen LogP contribution is 2.30. The SMILES string of the molecule is CNC1NC(N)N(C2=NN=C3c4ccccc4CCCC3C2)N1. The van der Waals surface area contributed by atoms with Crippen molar-refractivity contribution < 1.29 is 0 Å². The van der Waals surface area contributed by atoms with Crippen LogP contribution in [0.1, 0.15) is 30.4 Å². The minimum absolute atomic E-state index is 0.0482. The lowest BCUT2D eigenvalue weighted by atomic mass is 9.90. The van der Waals surface area contributed by atoms with Gasteiger partial charge in [-0.1, -0.05) is 24.3 Å². The lowest BCUT2D eigenvalue weighted by Crippen LogP contribution is -2.50. The second-order valence-electron chi connectivity index (χ2n) is 6.28. The summed E-state index contributed by atoms with van der Waals surface area (Å²) < 4.78 is 0. The van der Waals surface area contributed by atoms with E-state index in [2.05, 4.69) is 50.5 Å². The molecular formula is C16H23N7. The summed E-state index contributed by atoms with van der Waals surface area (Å²) in [5, 5.41) is 17.3. The first-order chi connectivity index (χ1) is 11.3. The van der Waals surface area contributed by atoms with Crippen molar-refractivity contribution in [2.24, 2.45) is 21.9 Å². The second-order valence-corrected chi connectivity index (χ2v) is 6.28. The molecule has 1 aliphatic carbocycles. The predicted molar refractivity (Wildman–Crippen MR) is 90.4 cm³/mol. The number of amidine groups is 1. The Morgan fingerprint density at radius 1 is 1.30 bits per heavy atom. The van der Waals surface area contributed by atoms with Crippen LogP contribution < -0.4 is 21.8 Å². The zero-order valence-corrected chi connectivity index (χ0v) is 13.3. The molecule has 0 amide bonds. The summed E-state index contributed by atoms with van der Waals surface area (Å²) in [4.78, 5) is 0. The minimum Gasteiger partial charge on any atom is -0.298 e. The van der Waals surface area contributed by atoms with Gasteiger partial charge in [-0.25, -0.2) is 0 Å². The lowest BCUT2D eigenvalue weighted by Gasteiger charge is -2.29. The number of rotatable bonds is 1. The van der Waals surface area contributed by atoms with Gasteiger partial charge in [-0.15, -0.1) is 5.10 Å². The molecule has 0 aromatic heterocycles. The van der Waals surface area contributed by atoms with Gasteiger partial charge in [-0.3, -0.25) is 21.4 Å². The molecule has 2 aliphatic heterocycles. The Bertz CT molecular complexity index is 654. The molecule has 3 atom stereocenters. The molecule has 2 heterocycles. The predicted octanol–water partition coefficient (Wildman–Crippen LogP) is 0.301. The van der Waals surface area contributed by atoms with Gasteiger partial charge >= 0.3 is 0 Å². The Morgan fingerprint density at radius 3 is 3.00 bits per heavy atom. The number of aryl methyl sites for hydroxylation is 1. The van der Waals surface area contributed by atoms with Gasteiger partial charge in [0.25, 0.3) is 0 Å². The third-order valence-electron chi connectivity index (χ3n) is 4.83. The first kappa shape index (κ1) is 14.8. The van der Waals surface area contributed by atoms with Crippen molar-refractivity contribution in [2.45, 2.75) is 38.3 Å². The molecule has 7 nitrogen and oxygen atoms in total. The Hall–Kier alpha value is -1.80. The molecule has 1 saturated heterocycles. The molecule has 122 valence electrons. The maximum absolute atomic E-state index is 6.13. The van der Waals surface area contributed by atoms with E-state index in [-0.39, 0.29) is 12.6 Å². The Morgan fingerprint density at radius 2 is 2.17 bits per heavy atom. The van der Waals surface area contributed by atoms with E-state index in [1.165, 1.54) is 17.5 Å². The lowest BCUT2D eigenvalue weighted by molar-refractivity contribution is 0.285. The van der Waals surface area contributed by atoms with E-state index in [4.69, 9.17) is 5.73 Å². The minimum atomic E-state index is -0.305. The van der Waals surface area contributed by atoms with Crippen LogP contribution in [-0.4, -0.2) is 36.2 Å². The molecule has 0 spiro atoms. The third-order valence-corrected chi connectivity index (χ3v) is 4.83. The van der Waals surface area contributed by atoms with Crippen molar-refractivity contribution >= 4 is 11.5 Å². The number of nitrogens with one attached hydrogen (secondary N) is 3. The Labute approximate surface area is 136 Å². The fourth-order valence-electron chi connectivity index (χ4n) is 3.62. The molecule has 0 radical (unpaired) electrons. The van der Waals surface area contributed by atoms with Crippen LogP contribution in [0.4, 0.5) is 0 Å². The van der Waals surface area contributed by atoms with Gasteiger partial charge in [-0.05, 0) is 31.9 Å². The van der Waals surface area contributed by atoms with E-state index in [1.54, 1.807) is 0 Å². The maximum Gasteiger partial charge on any atom is 0.150 e. The fourth-order valence-corrected chi connectivity index (χ4v) is 3.62. The van der Waals surface area contributed by atoms with E-state index in [1.807, 2.05) is 12.1 Å². The molecule has 3 unspecified atom stereocenters. The summed E-state index contributed by atoms with van der Waals surface area (Å²) >= 11 is 0. The van der Waals surface area contributed by atoms with Crippen LogP contribution in [0.3, 0.4) is 0 Å². The molecule has 0 saturated carbocycles. The van der Waals surface area contributed by atoms with E-state index < -0.39 is 0 Å². The average molecular weight is 313 g/mol. The molecule has 7 heteroatoms. The van der Waals surface area contributed by atoms with E-state index >= 15 is 0 Å². The highest BCUT2D eigenvalue weighted by atomic mass is 15.7. The van der Waals surface area contributed by atoms with Crippen LogP contribution in [-0.2, 0) is 6.42 Å². The van der Waals surface area contributed by atoms with Crippen molar-refractivity contribution in [3.05, 3.63) is 35.4 Å². The largest absolute Gasteiger partial charge is 0.298 e. The number of hydrogen-bond acceptors (Lipinski definition) is 7. The highest BCUT2D eigenvalue weighted by Gasteiger charge is 2.34. The number of hydrazine groups is 1. The molecule has 4 rings (SSSR count). The van der Waals surface area contributed by atoms with Gasteiger partial charge in [-0.2, -0.15) is 10.5 Å². The molecule has 5 N–H and O–H groups in total. The number of benzene rings is 1. The first-order valence-corrected chi connectivity index (χ1v) is 8.23. The summed E-state index contributed by atoms with van der Waals surface area (Å²) in [7, 11) is 1.88. The zero-order chi connectivity index (χ0) is 15.8. The summed E-state index contributed by atoms with van der Waals surface area (Å²) in [5.74, 6) is 1.31. The molecule has 3 aliphatic rings. The molecule has 1 aromatic rings. The van der Waals surface area contributed by atoms with Gasteiger partial charge < -0.3 is 0 Å². The number of nitrogens with zero attached hydrogens (tertiary/aromatic N) is 3. The summed E-state index contributed by atoms with van der Waals surface area (Å²) in [6.45, 7) is 0. The number of nitrogens with two attached hydrogens (primary N) is 1. The van der Waals surface area contributed by atoms with Gasteiger partial charge in [0.15, 0.2) is 6.29 Å². The molecule has 1 fully saturated rings. The second kappa shape index (κ2) is 6.01. The van der Waals surface area contributed by atoms with E-state index in [0.29, 0.717) is 5.92 Å². The third kappa shape index (κ3) is 2.66. The Kier molecular flexibility index (Phi) is 3.86. The monoisotopic (exact) mass is 313 g/mol. The maximum atomic E-state index is 6.13. The summed E-state index contributed by atoms with van der Waals surface area (Å²) in [6, 6.07) is 8.57. The highest BCUT2D eigenvalue weighted by molar-refractivity contribution is 6.07. The number of fused-ring (bicyclic) bond motifs is 3. The van der Waals surface area contributed by atoms with Crippen LogP contribution in [0.15, 0.2) is 34.5 Å². The first-order valence-electron chi connectivity index (χ1n) is 8.23. The fraction of sp³-hybridized carbons (Fsp3) is 0.500. The van der Waals surface area contributed by atoms with Crippen LogP contribution >= 0.6 is 0 Å². The van der Waals surface area contributed by atoms with Crippen molar-refractivity contribution in [2.75, 3.05) is 7.05 Å². The normalized spacial score (nSPS) is 30.2. The van der Waals surface area contributed by atoms with Gasteiger partial charge in [0.05, 0.1) is 5.71 Å². The van der Waals surface area contributed by atoms with Gasteiger partial charge in [0.1, 0.15) is 12.1 Å². The van der Waals surface area contributed by atoms with Crippen molar-refractivity contribution in [1.29, 1.82) is 0 Å². The van der Waals surface area contributed by atoms with Gasteiger partial charge in [0.2, 0.25) is 0 Å². The number of hydrogen-bond donors (Lipinski definition) is 4. The van der Waals surface area contributed by atoms with E-state index in [0.717, 1.165) is 30.8 Å². The van der Waals surface area contributed by atoms with Crippen LogP contribution in [0.2, 0.25) is 0 Å².